The van der Waals surface area contributed by atoms with Gasteiger partial charge in [-0.3, -0.25) is 15.6 Å². The Morgan fingerprint density at radius 1 is 1.36 bits per heavy atom. The molecular formula is C16H17FN6OS. The van der Waals surface area contributed by atoms with Crippen molar-refractivity contribution in [1.29, 1.82) is 10.8 Å². The summed E-state index contributed by atoms with van der Waals surface area (Å²) < 4.78 is 17.1. The van der Waals surface area contributed by atoms with Crippen LogP contribution in [-0.2, 0) is 0 Å². The number of aryl methyl sites for hydroxylation is 1. The first kappa shape index (κ1) is 17.2. The van der Waals surface area contributed by atoms with E-state index in [2.05, 4.69) is 9.36 Å². The topological polar surface area (TPSA) is 97.0 Å². The Kier molecular flexibility index (Phi) is 4.58. The fraction of sp³-hybridized carbons (Fsp3) is 0.312. The maximum Gasteiger partial charge on any atom is 0.254 e. The van der Waals surface area contributed by atoms with Gasteiger partial charge < -0.3 is 9.80 Å². The number of piperazine rings is 1. The standard InChI is InChI=1S/C16H17FN6OS/c1-9-7-22(16(24)11-3-5-12(17)6-4-11)8-13(18)23(9)14(19)15-20-10(2)21-25-15/h3-6,9,18-19H,7-8H2,1-2H3. The number of nitrogens with one attached hydrogen (secondary N) is 2. The third-order valence-electron chi connectivity index (χ3n) is 3.91. The Morgan fingerprint density at radius 3 is 2.60 bits per heavy atom. The normalized spacial score (nSPS) is 17.7. The fourth-order valence-corrected chi connectivity index (χ4v) is 3.39. The van der Waals surface area contributed by atoms with E-state index in [0.717, 1.165) is 11.5 Å². The molecule has 2 heterocycles. The Labute approximate surface area is 148 Å². The summed E-state index contributed by atoms with van der Waals surface area (Å²) in [5.74, 6) is 0.205. The van der Waals surface area contributed by atoms with Gasteiger partial charge in [0.25, 0.3) is 5.91 Å². The summed E-state index contributed by atoms with van der Waals surface area (Å²) in [5.41, 5.74) is 0.379. The van der Waals surface area contributed by atoms with Crippen LogP contribution in [0.25, 0.3) is 0 Å². The van der Waals surface area contributed by atoms with E-state index in [1.807, 2.05) is 6.92 Å². The lowest BCUT2D eigenvalue weighted by molar-refractivity contribution is 0.0729. The maximum atomic E-state index is 13.0. The average molecular weight is 360 g/mol. The van der Waals surface area contributed by atoms with Crippen molar-refractivity contribution in [2.24, 2.45) is 0 Å². The van der Waals surface area contributed by atoms with Crippen molar-refractivity contribution in [3.05, 3.63) is 46.5 Å². The summed E-state index contributed by atoms with van der Waals surface area (Å²) in [5, 5.41) is 17.0. The molecule has 1 aliphatic rings. The highest BCUT2D eigenvalue weighted by molar-refractivity contribution is 7.07. The number of rotatable bonds is 2. The summed E-state index contributed by atoms with van der Waals surface area (Å²) in [6, 6.07) is 5.11. The molecule has 0 radical (unpaired) electrons. The molecule has 7 nitrogen and oxygen atoms in total. The first-order valence-corrected chi connectivity index (χ1v) is 8.45. The van der Waals surface area contributed by atoms with Gasteiger partial charge in [-0.1, -0.05) is 0 Å². The minimum atomic E-state index is -0.400. The SMILES string of the molecule is Cc1nsc(C(=N)N2C(=N)CN(C(=O)c3ccc(F)cc3)CC2C)n1. The first-order valence-electron chi connectivity index (χ1n) is 7.67. The number of amides is 1. The van der Waals surface area contributed by atoms with Crippen LogP contribution in [0.5, 0.6) is 0 Å². The molecule has 0 saturated carbocycles. The molecule has 1 fully saturated rings. The molecule has 130 valence electrons. The second kappa shape index (κ2) is 6.67. The van der Waals surface area contributed by atoms with Crippen molar-refractivity contribution < 1.29 is 9.18 Å². The van der Waals surface area contributed by atoms with E-state index < -0.39 is 5.82 Å². The Morgan fingerprint density at radius 2 is 2.04 bits per heavy atom. The molecule has 1 saturated heterocycles. The molecule has 1 aliphatic heterocycles. The van der Waals surface area contributed by atoms with E-state index in [9.17, 15) is 9.18 Å². The fourth-order valence-electron chi connectivity index (χ4n) is 2.77. The van der Waals surface area contributed by atoms with E-state index in [4.69, 9.17) is 10.8 Å². The van der Waals surface area contributed by atoms with Crippen LogP contribution in [-0.4, -0.2) is 55.9 Å². The number of hydrogen-bond donors (Lipinski definition) is 2. The van der Waals surface area contributed by atoms with Crippen LogP contribution in [0.1, 0.15) is 28.1 Å². The van der Waals surface area contributed by atoms with Gasteiger partial charge in [0.2, 0.25) is 0 Å². The number of carbonyl (C=O) groups is 1. The average Bonchev–Trinajstić information content (AvgIpc) is 3.00. The molecule has 0 spiro atoms. The van der Waals surface area contributed by atoms with E-state index in [1.165, 1.54) is 29.2 Å². The predicted molar refractivity (Wildman–Crippen MR) is 92.8 cm³/mol. The lowest BCUT2D eigenvalue weighted by atomic mass is 10.1. The quantitative estimate of drug-likeness (QED) is 0.633. The van der Waals surface area contributed by atoms with E-state index in [0.29, 0.717) is 22.9 Å². The number of nitrogens with zero attached hydrogens (tertiary/aromatic N) is 4. The van der Waals surface area contributed by atoms with Gasteiger partial charge in [0.15, 0.2) is 10.8 Å². The van der Waals surface area contributed by atoms with Crippen molar-refractivity contribution >= 4 is 29.1 Å². The molecule has 25 heavy (non-hydrogen) atoms. The number of carbonyl (C=O) groups excluding carboxylic acids is 1. The lowest BCUT2D eigenvalue weighted by Gasteiger charge is -2.40. The minimum absolute atomic E-state index is 0.0840. The molecule has 1 aromatic heterocycles. The highest BCUT2D eigenvalue weighted by atomic mass is 32.1. The molecule has 1 amide bonds. The van der Waals surface area contributed by atoms with Crippen molar-refractivity contribution in [3.8, 4) is 0 Å². The van der Waals surface area contributed by atoms with Crippen LogP contribution in [0.2, 0.25) is 0 Å². The summed E-state index contributed by atoms with van der Waals surface area (Å²) in [4.78, 5) is 19.9. The minimum Gasteiger partial charge on any atom is -0.329 e. The van der Waals surface area contributed by atoms with Gasteiger partial charge in [-0.25, -0.2) is 9.37 Å². The summed E-state index contributed by atoms with van der Waals surface area (Å²) >= 11 is 1.12. The van der Waals surface area contributed by atoms with Crippen molar-refractivity contribution in [3.63, 3.8) is 0 Å². The van der Waals surface area contributed by atoms with Crippen molar-refractivity contribution in [2.45, 2.75) is 19.9 Å². The molecule has 1 aromatic carbocycles. The monoisotopic (exact) mass is 360 g/mol. The van der Waals surface area contributed by atoms with Gasteiger partial charge in [-0.05, 0) is 49.6 Å². The highest BCUT2D eigenvalue weighted by Crippen LogP contribution is 2.18. The van der Waals surface area contributed by atoms with Gasteiger partial charge in [0.05, 0.1) is 12.6 Å². The summed E-state index contributed by atoms with van der Waals surface area (Å²) in [6.07, 6.45) is 0. The number of halogens is 1. The molecule has 9 heteroatoms. The van der Waals surface area contributed by atoms with E-state index in [1.54, 1.807) is 11.8 Å². The zero-order valence-corrected chi connectivity index (χ0v) is 14.6. The van der Waals surface area contributed by atoms with Crippen LogP contribution in [0.3, 0.4) is 0 Å². The lowest BCUT2D eigenvalue weighted by Crippen LogP contribution is -2.58. The van der Waals surface area contributed by atoms with Gasteiger partial charge >= 0.3 is 0 Å². The van der Waals surface area contributed by atoms with Crippen LogP contribution < -0.4 is 0 Å². The van der Waals surface area contributed by atoms with Gasteiger partial charge in [0.1, 0.15) is 17.5 Å². The van der Waals surface area contributed by atoms with Crippen LogP contribution in [0.15, 0.2) is 24.3 Å². The van der Waals surface area contributed by atoms with Gasteiger partial charge in [-0.15, -0.1) is 0 Å². The largest absolute Gasteiger partial charge is 0.329 e. The summed E-state index contributed by atoms with van der Waals surface area (Å²) in [7, 11) is 0. The Bertz CT molecular complexity index is 833. The molecule has 3 rings (SSSR count). The van der Waals surface area contributed by atoms with Gasteiger partial charge in [0, 0.05) is 12.1 Å². The number of benzene rings is 1. The second-order valence-electron chi connectivity index (χ2n) is 5.85. The number of amidine groups is 2. The molecule has 2 N–H and O–H groups in total. The molecule has 0 bridgehead atoms. The third-order valence-corrected chi connectivity index (χ3v) is 4.72. The maximum absolute atomic E-state index is 13.0. The number of hydrogen-bond acceptors (Lipinski definition) is 6. The summed E-state index contributed by atoms with van der Waals surface area (Å²) in [6.45, 7) is 4.04. The molecule has 2 aromatic rings. The third kappa shape index (κ3) is 3.41. The number of aromatic nitrogens is 2. The zero-order valence-electron chi connectivity index (χ0n) is 13.8. The van der Waals surface area contributed by atoms with Crippen molar-refractivity contribution in [2.75, 3.05) is 13.1 Å². The Balaban J connectivity index is 1.75. The Hall–Kier alpha value is -2.68. The molecular weight excluding hydrogens is 343 g/mol. The van der Waals surface area contributed by atoms with E-state index >= 15 is 0 Å². The zero-order chi connectivity index (χ0) is 18.1. The smallest absolute Gasteiger partial charge is 0.254 e. The molecule has 1 atom stereocenters. The van der Waals surface area contributed by atoms with Crippen LogP contribution in [0.4, 0.5) is 4.39 Å². The molecule has 0 aliphatic carbocycles. The highest BCUT2D eigenvalue weighted by Gasteiger charge is 2.34. The predicted octanol–water partition coefficient (Wildman–Crippen LogP) is 2.13. The van der Waals surface area contributed by atoms with Crippen LogP contribution >= 0.6 is 11.5 Å². The van der Waals surface area contributed by atoms with E-state index in [-0.39, 0.29) is 30.2 Å². The van der Waals surface area contributed by atoms with Crippen LogP contribution in [0, 0.1) is 23.6 Å². The van der Waals surface area contributed by atoms with Gasteiger partial charge in [-0.2, -0.15) is 4.37 Å². The molecule has 1 unspecified atom stereocenters. The van der Waals surface area contributed by atoms with Crippen molar-refractivity contribution in [1.82, 2.24) is 19.2 Å². The first-order chi connectivity index (χ1) is 11.9. The second-order valence-corrected chi connectivity index (χ2v) is 6.61.